The molecule has 2 nitrogen and oxygen atoms in total. The predicted molar refractivity (Wildman–Crippen MR) is 98.3 cm³/mol. The Balaban J connectivity index is 1.99. The van der Waals surface area contributed by atoms with Crippen LogP contribution in [-0.4, -0.2) is 5.88 Å². The van der Waals surface area contributed by atoms with Crippen molar-refractivity contribution in [3.63, 3.8) is 0 Å². The summed E-state index contributed by atoms with van der Waals surface area (Å²) >= 11 is 14.0. The summed E-state index contributed by atoms with van der Waals surface area (Å²) in [5.41, 5.74) is 10.2. The number of anilines is 1. The van der Waals surface area contributed by atoms with Gasteiger partial charge in [0.25, 0.3) is 0 Å². The Bertz CT molecular complexity index is 726. The van der Waals surface area contributed by atoms with Gasteiger partial charge >= 0.3 is 0 Å². The fraction of sp³-hybridized carbons (Fsp3) is 0.176. The second-order valence-electron chi connectivity index (χ2n) is 5.11. The zero-order valence-corrected chi connectivity index (χ0v) is 14.5. The van der Waals surface area contributed by atoms with E-state index >= 15 is 0 Å². The summed E-state index contributed by atoms with van der Waals surface area (Å²) in [5, 5.41) is 1.16. The first-order valence-corrected chi connectivity index (χ1v) is 8.70. The van der Waals surface area contributed by atoms with Crippen molar-refractivity contribution in [2.75, 3.05) is 10.8 Å². The molecule has 114 valence electrons. The molecule has 0 saturated heterocycles. The van der Waals surface area contributed by atoms with Gasteiger partial charge in [-0.2, -0.15) is 0 Å². The summed E-state index contributed by atoms with van der Waals surface area (Å²) in [6, 6.07) is 14.1. The van der Waals surface area contributed by atoms with E-state index in [0.29, 0.717) is 16.6 Å². The maximum absolute atomic E-state index is 6.18. The Labute approximate surface area is 144 Å². The highest BCUT2D eigenvalue weighted by atomic mass is 35.5. The average Bonchev–Trinajstić information content (AvgIpc) is 2.92. The van der Waals surface area contributed by atoms with E-state index in [9.17, 15) is 0 Å². The number of benzene rings is 2. The maximum atomic E-state index is 6.18. The molecule has 0 atom stereocenters. The highest BCUT2D eigenvalue weighted by Crippen LogP contribution is 2.41. The van der Waals surface area contributed by atoms with Crippen LogP contribution in [0.2, 0.25) is 10.0 Å². The van der Waals surface area contributed by atoms with Gasteiger partial charge in [-0.3, -0.25) is 0 Å². The molecular weight excluding hydrogens is 335 g/mol. The maximum Gasteiger partial charge on any atom is 0.0732 e. The lowest BCUT2D eigenvalue weighted by Crippen LogP contribution is -2.17. The molecule has 5 heteroatoms. The van der Waals surface area contributed by atoms with E-state index in [2.05, 4.69) is 36.1 Å². The van der Waals surface area contributed by atoms with Gasteiger partial charge in [0.05, 0.1) is 21.6 Å². The smallest absolute Gasteiger partial charge is 0.0732 e. The largest absolute Gasteiger partial charge is 0.330 e. The first-order chi connectivity index (χ1) is 10.6. The molecule has 22 heavy (non-hydrogen) atoms. The lowest BCUT2D eigenvalue weighted by atomic mass is 10.1. The lowest BCUT2D eigenvalue weighted by Gasteiger charge is -2.23. The third-order valence-corrected chi connectivity index (χ3v) is 5.44. The van der Waals surface area contributed by atoms with Crippen molar-refractivity contribution in [1.29, 1.82) is 0 Å². The van der Waals surface area contributed by atoms with Gasteiger partial charge in [0.1, 0.15) is 0 Å². The predicted octanol–water partition coefficient (Wildman–Crippen LogP) is 5.35. The van der Waals surface area contributed by atoms with Crippen LogP contribution in [0, 0.1) is 0 Å². The molecule has 0 aromatic heterocycles. The van der Waals surface area contributed by atoms with Crippen LogP contribution in [0.25, 0.3) is 5.70 Å². The van der Waals surface area contributed by atoms with Crippen LogP contribution < -0.4 is 10.6 Å². The average molecular weight is 351 g/mol. The van der Waals surface area contributed by atoms with Gasteiger partial charge in [0, 0.05) is 22.7 Å². The summed E-state index contributed by atoms with van der Waals surface area (Å²) in [4.78, 5) is 3.57. The summed E-state index contributed by atoms with van der Waals surface area (Å²) in [7, 11) is 0. The van der Waals surface area contributed by atoms with Gasteiger partial charge in [-0.15, -0.1) is 11.8 Å². The van der Waals surface area contributed by atoms with Crippen molar-refractivity contribution < 1.29 is 0 Å². The SMILES string of the molecule is CC1=C(c2ccc(Cl)c(Cl)c2)N(c2ccc(CN)cc2)CS1. The van der Waals surface area contributed by atoms with E-state index in [1.807, 2.05) is 30.0 Å². The Kier molecular flexibility index (Phi) is 4.69. The van der Waals surface area contributed by atoms with E-state index in [1.54, 1.807) is 0 Å². The molecule has 0 fully saturated rings. The molecule has 2 aromatic carbocycles. The molecule has 1 aliphatic heterocycles. The summed E-state index contributed by atoms with van der Waals surface area (Å²) in [6.45, 7) is 2.69. The van der Waals surface area contributed by atoms with Gasteiger partial charge in [0.15, 0.2) is 0 Å². The van der Waals surface area contributed by atoms with Crippen molar-refractivity contribution in [3.8, 4) is 0 Å². The highest BCUT2D eigenvalue weighted by molar-refractivity contribution is 8.03. The van der Waals surface area contributed by atoms with Gasteiger partial charge < -0.3 is 10.6 Å². The van der Waals surface area contributed by atoms with Gasteiger partial charge in [-0.25, -0.2) is 0 Å². The quantitative estimate of drug-likeness (QED) is 0.808. The molecule has 0 bridgehead atoms. The standard InChI is InChI=1S/C17H16Cl2N2S/c1-11-17(13-4-7-15(18)16(19)8-13)21(10-22-11)14-5-2-12(9-20)3-6-14/h2-8H,9-10,20H2,1H3. The number of hydrogen-bond donors (Lipinski definition) is 1. The van der Waals surface area contributed by atoms with Crippen LogP contribution in [0.4, 0.5) is 5.69 Å². The van der Waals surface area contributed by atoms with Crippen LogP contribution in [0.3, 0.4) is 0 Å². The minimum atomic E-state index is 0.559. The van der Waals surface area contributed by atoms with E-state index in [1.165, 1.54) is 10.6 Å². The molecule has 0 saturated carbocycles. The Morgan fingerprint density at radius 3 is 2.45 bits per heavy atom. The molecule has 3 rings (SSSR count). The van der Waals surface area contributed by atoms with Gasteiger partial charge in [-0.05, 0) is 36.8 Å². The van der Waals surface area contributed by atoms with Crippen LogP contribution in [0.1, 0.15) is 18.1 Å². The second-order valence-corrected chi connectivity index (χ2v) is 7.08. The Morgan fingerprint density at radius 2 is 1.82 bits per heavy atom. The van der Waals surface area contributed by atoms with Crippen molar-refractivity contribution >= 4 is 46.3 Å². The topological polar surface area (TPSA) is 29.3 Å². The summed E-state index contributed by atoms with van der Waals surface area (Å²) in [5.74, 6) is 0.892. The third kappa shape index (κ3) is 2.99. The first-order valence-electron chi connectivity index (χ1n) is 6.96. The fourth-order valence-electron chi connectivity index (χ4n) is 2.50. The number of nitrogens with zero attached hydrogens (tertiary/aromatic N) is 1. The van der Waals surface area contributed by atoms with Crippen LogP contribution in [0.5, 0.6) is 0 Å². The monoisotopic (exact) mass is 350 g/mol. The minimum Gasteiger partial charge on any atom is -0.330 e. The highest BCUT2D eigenvalue weighted by Gasteiger charge is 2.23. The summed E-state index contributed by atoms with van der Waals surface area (Å²) in [6.07, 6.45) is 0. The van der Waals surface area contributed by atoms with Crippen molar-refractivity contribution in [2.45, 2.75) is 13.5 Å². The van der Waals surface area contributed by atoms with Gasteiger partial charge in [0.2, 0.25) is 0 Å². The Hall–Kier alpha value is -1.13. The fourth-order valence-corrected chi connectivity index (χ4v) is 3.77. The summed E-state index contributed by atoms with van der Waals surface area (Å²) < 4.78 is 0. The van der Waals surface area contributed by atoms with Gasteiger partial charge in [-0.1, -0.05) is 41.4 Å². The van der Waals surface area contributed by atoms with Crippen molar-refractivity contribution in [3.05, 3.63) is 68.5 Å². The number of thioether (sulfide) groups is 1. The van der Waals surface area contributed by atoms with E-state index in [-0.39, 0.29) is 0 Å². The van der Waals surface area contributed by atoms with Crippen LogP contribution >= 0.6 is 35.0 Å². The number of rotatable bonds is 3. The Morgan fingerprint density at radius 1 is 1.09 bits per heavy atom. The molecule has 0 unspecified atom stereocenters. The third-order valence-electron chi connectivity index (χ3n) is 3.69. The second kappa shape index (κ2) is 6.55. The molecule has 0 spiro atoms. The molecule has 2 N–H and O–H groups in total. The van der Waals surface area contributed by atoms with Crippen LogP contribution in [-0.2, 0) is 6.54 Å². The van der Waals surface area contributed by atoms with E-state index < -0.39 is 0 Å². The van der Waals surface area contributed by atoms with Crippen LogP contribution in [0.15, 0.2) is 47.4 Å². The number of halogens is 2. The lowest BCUT2D eigenvalue weighted by molar-refractivity contribution is 1.07. The molecule has 0 radical (unpaired) electrons. The number of hydrogen-bond acceptors (Lipinski definition) is 3. The van der Waals surface area contributed by atoms with Crippen molar-refractivity contribution in [1.82, 2.24) is 0 Å². The zero-order valence-electron chi connectivity index (χ0n) is 12.1. The molecule has 1 aliphatic rings. The van der Waals surface area contributed by atoms with E-state index in [4.69, 9.17) is 28.9 Å². The molecule has 0 amide bonds. The minimum absolute atomic E-state index is 0.559. The van der Waals surface area contributed by atoms with E-state index in [0.717, 1.165) is 22.7 Å². The molecule has 0 aliphatic carbocycles. The molecule has 1 heterocycles. The molecule has 2 aromatic rings. The normalized spacial score (nSPS) is 14.8. The number of allylic oxidation sites excluding steroid dienone is 1. The zero-order chi connectivity index (χ0) is 15.7. The molecular formula is C17H16Cl2N2S. The number of nitrogens with two attached hydrogens (primary N) is 1. The van der Waals surface area contributed by atoms with Crippen molar-refractivity contribution in [2.24, 2.45) is 5.73 Å². The first kappa shape index (κ1) is 15.8.